The van der Waals surface area contributed by atoms with Crippen LogP contribution >= 0.6 is 0 Å². The molecule has 36 heavy (non-hydrogen) atoms. The standard InChI is InChI=1S/C29H32N6O/c1-19-15-21(5-7-24(19)29(36)33(2)3)20-10-13-35(14-11-20)18-23-16-26-25(9-12-31-28(26)34(23)4)22-6-8-27(30)32-17-22/h5-10,12,15-17H,11,13-14,18H2,1-4H3,(H2,30,32). The van der Waals surface area contributed by atoms with Crippen molar-refractivity contribution in [2.75, 3.05) is 32.9 Å². The molecule has 4 heterocycles. The molecule has 1 aromatic carbocycles. The van der Waals surface area contributed by atoms with Gasteiger partial charge in [0, 0.05) is 75.4 Å². The number of hydrogen-bond donors (Lipinski definition) is 1. The Bertz CT molecular complexity index is 1470. The van der Waals surface area contributed by atoms with Gasteiger partial charge in [0.05, 0.1) is 0 Å². The number of fused-ring (bicyclic) bond motifs is 1. The van der Waals surface area contributed by atoms with Crippen LogP contribution in [0.4, 0.5) is 5.82 Å². The zero-order valence-corrected chi connectivity index (χ0v) is 21.3. The summed E-state index contributed by atoms with van der Waals surface area (Å²) in [5.74, 6) is 0.562. The molecular formula is C29H32N6O. The van der Waals surface area contributed by atoms with E-state index in [4.69, 9.17) is 5.73 Å². The van der Waals surface area contributed by atoms with E-state index < -0.39 is 0 Å². The van der Waals surface area contributed by atoms with E-state index in [1.54, 1.807) is 19.0 Å². The number of hydrogen-bond acceptors (Lipinski definition) is 5. The summed E-state index contributed by atoms with van der Waals surface area (Å²) < 4.78 is 2.19. The molecule has 0 unspecified atom stereocenters. The van der Waals surface area contributed by atoms with Crippen LogP contribution in [-0.2, 0) is 13.6 Å². The Balaban J connectivity index is 1.34. The van der Waals surface area contributed by atoms with Gasteiger partial charge >= 0.3 is 0 Å². The third-order valence-corrected chi connectivity index (χ3v) is 7.04. The molecule has 0 spiro atoms. The lowest BCUT2D eigenvalue weighted by atomic mass is 9.95. The third kappa shape index (κ3) is 4.50. The topological polar surface area (TPSA) is 80.3 Å². The molecule has 1 aliphatic rings. The normalized spacial score (nSPS) is 14.2. The van der Waals surface area contributed by atoms with Crippen molar-refractivity contribution in [3.63, 3.8) is 0 Å². The zero-order valence-electron chi connectivity index (χ0n) is 21.3. The quantitative estimate of drug-likeness (QED) is 0.454. The maximum atomic E-state index is 12.4. The maximum absolute atomic E-state index is 12.4. The predicted molar refractivity (Wildman–Crippen MR) is 145 cm³/mol. The number of amides is 1. The SMILES string of the molecule is Cc1cc(C2=CCN(Cc3cc4c(-c5ccc(N)nc5)ccnc4n3C)CC2)ccc1C(=O)N(C)C. The second kappa shape index (κ2) is 9.59. The van der Waals surface area contributed by atoms with E-state index in [2.05, 4.69) is 50.8 Å². The fourth-order valence-corrected chi connectivity index (χ4v) is 4.93. The van der Waals surface area contributed by atoms with Gasteiger partial charge in [-0.05, 0) is 65.9 Å². The summed E-state index contributed by atoms with van der Waals surface area (Å²) in [4.78, 5) is 25.4. The Kier molecular flexibility index (Phi) is 6.33. The molecular weight excluding hydrogens is 448 g/mol. The summed E-state index contributed by atoms with van der Waals surface area (Å²) in [6.07, 6.45) is 6.97. The molecule has 7 heteroatoms. The number of rotatable bonds is 5. The number of carbonyl (C=O) groups is 1. The number of pyridine rings is 2. The highest BCUT2D eigenvalue weighted by atomic mass is 16.2. The fourth-order valence-electron chi connectivity index (χ4n) is 4.93. The van der Waals surface area contributed by atoms with E-state index in [1.165, 1.54) is 16.8 Å². The van der Waals surface area contributed by atoms with E-state index >= 15 is 0 Å². The van der Waals surface area contributed by atoms with Crippen LogP contribution in [0.25, 0.3) is 27.7 Å². The Morgan fingerprint density at radius 2 is 1.89 bits per heavy atom. The molecule has 0 radical (unpaired) electrons. The van der Waals surface area contributed by atoms with Crippen molar-refractivity contribution < 1.29 is 4.79 Å². The van der Waals surface area contributed by atoms with Crippen LogP contribution in [0.3, 0.4) is 0 Å². The molecule has 3 aromatic heterocycles. The lowest BCUT2D eigenvalue weighted by Crippen LogP contribution is -2.28. The first kappa shape index (κ1) is 23.8. The van der Waals surface area contributed by atoms with Gasteiger partial charge in [-0.1, -0.05) is 18.2 Å². The number of nitrogen functional groups attached to an aromatic ring is 1. The molecule has 1 amide bonds. The minimum atomic E-state index is 0.0445. The summed E-state index contributed by atoms with van der Waals surface area (Å²) in [5, 5.41) is 1.12. The number of anilines is 1. The molecule has 0 bridgehead atoms. The number of nitrogens with zero attached hydrogens (tertiary/aromatic N) is 5. The maximum Gasteiger partial charge on any atom is 0.253 e. The van der Waals surface area contributed by atoms with Crippen LogP contribution in [0.2, 0.25) is 0 Å². The minimum absolute atomic E-state index is 0.0445. The summed E-state index contributed by atoms with van der Waals surface area (Å²) in [5.41, 5.74) is 14.5. The van der Waals surface area contributed by atoms with Crippen molar-refractivity contribution in [1.29, 1.82) is 0 Å². The summed E-state index contributed by atoms with van der Waals surface area (Å²) >= 11 is 0. The first-order valence-corrected chi connectivity index (χ1v) is 12.2. The molecule has 0 fully saturated rings. The monoisotopic (exact) mass is 480 g/mol. The third-order valence-electron chi connectivity index (χ3n) is 7.04. The molecule has 2 N–H and O–H groups in total. The number of aromatic nitrogens is 3. The molecule has 0 aliphatic carbocycles. The van der Waals surface area contributed by atoms with Gasteiger partial charge in [0.2, 0.25) is 0 Å². The van der Waals surface area contributed by atoms with E-state index in [9.17, 15) is 4.79 Å². The number of benzene rings is 1. The van der Waals surface area contributed by atoms with Crippen molar-refractivity contribution >= 4 is 28.3 Å². The van der Waals surface area contributed by atoms with E-state index in [0.717, 1.165) is 59.3 Å². The van der Waals surface area contributed by atoms with Crippen LogP contribution in [0, 0.1) is 6.92 Å². The molecule has 0 saturated heterocycles. The van der Waals surface area contributed by atoms with E-state index in [-0.39, 0.29) is 5.91 Å². The van der Waals surface area contributed by atoms with Crippen LogP contribution in [0.15, 0.2) is 60.9 Å². The van der Waals surface area contributed by atoms with Crippen molar-refractivity contribution in [2.45, 2.75) is 19.9 Å². The first-order valence-electron chi connectivity index (χ1n) is 12.2. The van der Waals surface area contributed by atoms with E-state index in [1.807, 2.05) is 43.6 Å². The Labute approximate surface area is 211 Å². The van der Waals surface area contributed by atoms with Gasteiger partial charge in [-0.25, -0.2) is 9.97 Å². The first-order chi connectivity index (χ1) is 17.3. The molecule has 5 rings (SSSR count). The summed E-state index contributed by atoms with van der Waals surface area (Å²) in [6, 6.07) is 14.3. The second-order valence-electron chi connectivity index (χ2n) is 9.71. The molecule has 7 nitrogen and oxygen atoms in total. The highest BCUT2D eigenvalue weighted by Gasteiger charge is 2.18. The smallest absolute Gasteiger partial charge is 0.253 e. The lowest BCUT2D eigenvalue weighted by Gasteiger charge is -2.27. The zero-order chi connectivity index (χ0) is 25.4. The van der Waals surface area contributed by atoms with Crippen LogP contribution < -0.4 is 5.73 Å². The van der Waals surface area contributed by atoms with Gasteiger partial charge < -0.3 is 15.2 Å². The van der Waals surface area contributed by atoms with Gasteiger partial charge in [0.15, 0.2) is 0 Å². The molecule has 1 aliphatic heterocycles. The largest absolute Gasteiger partial charge is 0.384 e. The predicted octanol–water partition coefficient (Wildman–Crippen LogP) is 4.52. The number of nitrogens with two attached hydrogens (primary N) is 1. The van der Waals surface area contributed by atoms with Crippen molar-refractivity contribution in [3.8, 4) is 11.1 Å². The second-order valence-corrected chi connectivity index (χ2v) is 9.71. The summed E-state index contributed by atoms with van der Waals surface area (Å²) in [6.45, 7) is 4.73. The minimum Gasteiger partial charge on any atom is -0.384 e. The van der Waals surface area contributed by atoms with Crippen LogP contribution in [-0.4, -0.2) is 57.4 Å². The van der Waals surface area contributed by atoms with Gasteiger partial charge in [-0.15, -0.1) is 0 Å². The number of carbonyl (C=O) groups excluding carboxylic acids is 1. The van der Waals surface area contributed by atoms with Crippen LogP contribution in [0.5, 0.6) is 0 Å². The van der Waals surface area contributed by atoms with Crippen molar-refractivity contribution in [2.24, 2.45) is 7.05 Å². The van der Waals surface area contributed by atoms with Gasteiger partial charge in [0.1, 0.15) is 11.5 Å². The molecule has 184 valence electrons. The molecule has 4 aromatic rings. The Morgan fingerprint density at radius 1 is 1.08 bits per heavy atom. The van der Waals surface area contributed by atoms with Gasteiger partial charge in [-0.2, -0.15) is 0 Å². The van der Waals surface area contributed by atoms with Crippen LogP contribution in [0.1, 0.15) is 33.6 Å². The van der Waals surface area contributed by atoms with Gasteiger partial charge in [-0.3, -0.25) is 9.69 Å². The Morgan fingerprint density at radius 3 is 2.56 bits per heavy atom. The fraction of sp³-hybridized carbons (Fsp3) is 0.276. The average Bonchev–Trinajstić information content (AvgIpc) is 3.19. The molecule has 0 atom stereocenters. The van der Waals surface area contributed by atoms with E-state index in [0.29, 0.717) is 5.82 Å². The highest BCUT2D eigenvalue weighted by Crippen LogP contribution is 2.31. The van der Waals surface area contributed by atoms with Gasteiger partial charge in [0.25, 0.3) is 5.91 Å². The number of aryl methyl sites for hydroxylation is 2. The Hall–Kier alpha value is -3.97. The average molecular weight is 481 g/mol. The van der Waals surface area contributed by atoms with Crippen molar-refractivity contribution in [1.82, 2.24) is 24.3 Å². The summed E-state index contributed by atoms with van der Waals surface area (Å²) in [7, 11) is 5.66. The highest BCUT2D eigenvalue weighted by molar-refractivity contribution is 5.96. The molecule has 0 saturated carbocycles. The lowest BCUT2D eigenvalue weighted by molar-refractivity contribution is 0.0827. The van der Waals surface area contributed by atoms with Crippen molar-refractivity contribution in [3.05, 3.63) is 83.3 Å².